The molecule has 10 heteroatoms. The molecule has 0 radical (unpaired) electrons. The normalized spacial score (nSPS) is 17.4. The molecule has 0 aliphatic carbocycles. The van der Waals surface area contributed by atoms with Crippen LogP contribution in [0.3, 0.4) is 0 Å². The molecule has 2 aliphatic heterocycles. The average molecular weight is 586 g/mol. The van der Waals surface area contributed by atoms with Crippen LogP contribution >= 0.6 is 24.1 Å². The molecule has 3 aromatic carbocycles. The zero-order valence-electron chi connectivity index (χ0n) is 22.7. The van der Waals surface area contributed by atoms with Crippen LogP contribution in [0, 0.1) is 22.6 Å². The second-order valence-electron chi connectivity index (χ2n) is 10.3. The molecule has 0 fully saturated rings. The first-order valence-electron chi connectivity index (χ1n) is 12.6. The summed E-state index contributed by atoms with van der Waals surface area (Å²) in [5, 5.41) is 35.1. The van der Waals surface area contributed by atoms with Gasteiger partial charge in [-0.2, -0.15) is 8.67 Å². The molecule has 0 saturated heterocycles. The molecule has 8 nitrogen and oxygen atoms in total. The first-order chi connectivity index (χ1) is 19.8. The van der Waals surface area contributed by atoms with Gasteiger partial charge in [-0.1, -0.05) is 62.4 Å². The number of benzene rings is 3. The Labute approximate surface area is 247 Å². The van der Waals surface area contributed by atoms with Crippen molar-refractivity contribution in [3.63, 3.8) is 0 Å². The molecular formula is C31H25N2O6S2-. The number of hydrogen-bond acceptors (Lipinski definition) is 9. The van der Waals surface area contributed by atoms with Crippen LogP contribution in [0.2, 0.25) is 0 Å². The smallest absolute Gasteiger partial charge is 0.244 e. The van der Waals surface area contributed by atoms with Crippen LogP contribution in [-0.4, -0.2) is 10.3 Å². The van der Waals surface area contributed by atoms with E-state index in [4.69, 9.17) is 0 Å². The average Bonchev–Trinajstić information content (AvgIpc) is 3.32. The van der Waals surface area contributed by atoms with Crippen molar-refractivity contribution in [1.82, 2.24) is 0 Å². The highest BCUT2D eigenvalue weighted by Crippen LogP contribution is 2.48. The van der Waals surface area contributed by atoms with Crippen LogP contribution in [0.15, 0.2) is 84.6 Å². The van der Waals surface area contributed by atoms with Crippen LogP contribution in [-0.2, 0) is 29.6 Å². The summed E-state index contributed by atoms with van der Waals surface area (Å²) < 4.78 is 10.6. The molecule has 0 atom stereocenters. The molecule has 41 heavy (non-hydrogen) atoms. The number of anilines is 1. The van der Waals surface area contributed by atoms with Crippen molar-refractivity contribution >= 4 is 51.9 Å². The molecule has 2 aliphatic rings. The van der Waals surface area contributed by atoms with E-state index >= 15 is 0 Å². The van der Waals surface area contributed by atoms with Gasteiger partial charge in [-0.25, -0.2) is 0 Å². The number of allylic oxidation sites excluding steroid dienone is 4. The van der Waals surface area contributed by atoms with Gasteiger partial charge in [-0.05, 0) is 48.4 Å². The minimum Gasteiger partial charge on any atom is -0.691 e. The third-order valence-electron chi connectivity index (χ3n) is 7.38. The first-order valence-corrected chi connectivity index (χ1v) is 14.0. The summed E-state index contributed by atoms with van der Waals surface area (Å²) in [5.41, 5.74) is 5.32. The Balaban J connectivity index is 1.60. The van der Waals surface area contributed by atoms with Crippen molar-refractivity contribution in [2.75, 3.05) is 4.90 Å². The quantitative estimate of drug-likeness (QED) is 0.0987. The maximum Gasteiger partial charge on any atom is 0.244 e. The second-order valence-corrected chi connectivity index (χ2v) is 11.3. The summed E-state index contributed by atoms with van der Waals surface area (Å²) in [6, 6.07) is 26.6. The lowest BCUT2D eigenvalue weighted by Crippen LogP contribution is -2.27. The van der Waals surface area contributed by atoms with Gasteiger partial charge >= 0.3 is 0 Å². The molecule has 0 unspecified atom stereocenters. The summed E-state index contributed by atoms with van der Waals surface area (Å²) in [6.45, 7) is 8.61. The molecule has 5 rings (SSSR count). The molecule has 0 saturated carbocycles. The van der Waals surface area contributed by atoms with Crippen LogP contribution in [0.5, 0.6) is 0 Å². The van der Waals surface area contributed by atoms with E-state index in [0.29, 0.717) is 24.1 Å². The highest BCUT2D eigenvalue weighted by atomic mass is 32.2. The van der Waals surface area contributed by atoms with E-state index in [9.17, 15) is 10.5 Å². The maximum atomic E-state index is 10.3. The summed E-state index contributed by atoms with van der Waals surface area (Å²) in [6.07, 6.45) is 6.06. The van der Waals surface area contributed by atoms with Crippen LogP contribution in [0.25, 0.3) is 10.8 Å². The zero-order chi connectivity index (χ0) is 29.0. The van der Waals surface area contributed by atoms with Gasteiger partial charge < -0.3 is 10.5 Å². The highest BCUT2D eigenvalue weighted by Gasteiger charge is 2.46. The number of fused-ring (bicyclic) bond motifs is 4. The monoisotopic (exact) mass is 585 g/mol. The number of nitrogens with zero attached hydrogens (tertiary/aromatic N) is 2. The van der Waals surface area contributed by atoms with Crippen molar-refractivity contribution in [1.29, 1.82) is 0 Å². The van der Waals surface area contributed by atoms with Crippen LogP contribution in [0.4, 0.5) is 11.4 Å². The van der Waals surface area contributed by atoms with Gasteiger partial charge in [0.15, 0.2) is 0 Å². The first kappa shape index (κ1) is 29.0. The van der Waals surface area contributed by atoms with Crippen molar-refractivity contribution in [3.05, 3.63) is 95.7 Å². The molecular weight excluding hydrogens is 560 g/mol. The van der Waals surface area contributed by atoms with Crippen molar-refractivity contribution in [2.45, 2.75) is 38.5 Å². The van der Waals surface area contributed by atoms with Crippen molar-refractivity contribution in [3.8, 4) is 22.6 Å². The standard InChI is InChI=1S/C31H26N2O6S2/c1-30(2)24-12-7-8-13-25(24)32(18-20-40-38-36-34)27(30)14-9-15-28-31(3,4)29-23-11-6-5-10-22(23)16-17-26(29)33(28)19-21-41-39-37-35/h5-17H,1-4H3,(H-,34,35)/p-1. The molecule has 2 heterocycles. The van der Waals surface area contributed by atoms with E-state index < -0.39 is 5.41 Å². The SMILES string of the molecule is CC1(C)C(/C=C/C=C2\N(C#CSOO[O-])c3ccccc3C2(C)C)=[N+](C#CSOO[O-])c2ccc3ccccc3c21. The molecule has 0 aromatic heterocycles. The molecule has 0 spiro atoms. The molecule has 208 valence electrons. The third kappa shape index (κ3) is 5.41. The Kier molecular flexibility index (Phi) is 8.57. The van der Waals surface area contributed by atoms with E-state index in [0.717, 1.165) is 44.7 Å². The fourth-order valence-corrected chi connectivity index (χ4v) is 5.99. The van der Waals surface area contributed by atoms with Crippen molar-refractivity contribution in [2.24, 2.45) is 0 Å². The van der Waals surface area contributed by atoms with Gasteiger partial charge in [0.1, 0.15) is 24.1 Å². The third-order valence-corrected chi connectivity index (χ3v) is 7.98. The van der Waals surface area contributed by atoms with E-state index in [1.165, 1.54) is 0 Å². The summed E-state index contributed by atoms with van der Waals surface area (Å²) in [4.78, 5) is 1.89. The van der Waals surface area contributed by atoms with Gasteiger partial charge in [0, 0.05) is 40.1 Å². The van der Waals surface area contributed by atoms with E-state index in [1.54, 1.807) is 0 Å². The Hall–Kier alpha value is -3.55. The minimum atomic E-state index is -0.402. The highest BCUT2D eigenvalue weighted by molar-refractivity contribution is 7.99. The van der Waals surface area contributed by atoms with Crippen molar-refractivity contribution < 1.29 is 33.8 Å². The molecule has 3 aromatic rings. The molecule has 0 N–H and O–H groups in total. The van der Waals surface area contributed by atoms with E-state index in [2.05, 4.69) is 99.4 Å². The number of rotatable bonds is 6. The van der Waals surface area contributed by atoms with Gasteiger partial charge in [0.2, 0.25) is 17.4 Å². The second kappa shape index (κ2) is 12.1. The fraction of sp³-hybridized carbons (Fsp3) is 0.194. The van der Waals surface area contributed by atoms with Crippen LogP contribution in [0.1, 0.15) is 38.8 Å². The van der Waals surface area contributed by atoms with Gasteiger partial charge in [-0.3, -0.25) is 15.0 Å². The van der Waals surface area contributed by atoms with Gasteiger partial charge in [-0.15, -0.1) is 4.58 Å². The predicted octanol–water partition coefficient (Wildman–Crippen LogP) is 5.03. The largest absolute Gasteiger partial charge is 0.691 e. The maximum absolute atomic E-state index is 10.3. The topological polar surface area (TPSA) is 89.3 Å². The summed E-state index contributed by atoms with van der Waals surface area (Å²) >= 11 is 1.24. The van der Waals surface area contributed by atoms with Crippen LogP contribution < -0.4 is 15.4 Å². The fourth-order valence-electron chi connectivity index (χ4n) is 5.61. The van der Waals surface area contributed by atoms with Gasteiger partial charge in [0.25, 0.3) is 0 Å². The number of para-hydroxylation sites is 1. The summed E-state index contributed by atoms with van der Waals surface area (Å²) in [5.74, 6) is 0. The zero-order valence-corrected chi connectivity index (χ0v) is 24.3. The lowest BCUT2D eigenvalue weighted by Gasteiger charge is -2.22. The minimum absolute atomic E-state index is 0.350. The van der Waals surface area contributed by atoms with E-state index in [1.807, 2.05) is 58.0 Å². The number of hydrogen-bond donors (Lipinski definition) is 0. The predicted molar refractivity (Wildman–Crippen MR) is 156 cm³/mol. The Morgan fingerprint density at radius 3 is 2.34 bits per heavy atom. The lowest BCUT2D eigenvalue weighted by molar-refractivity contribution is -0.777. The summed E-state index contributed by atoms with van der Waals surface area (Å²) in [7, 11) is 0. The Morgan fingerprint density at radius 1 is 0.854 bits per heavy atom. The Morgan fingerprint density at radius 2 is 1.56 bits per heavy atom. The Bertz CT molecular complexity index is 1710. The molecule has 0 bridgehead atoms. The van der Waals surface area contributed by atoms with Gasteiger partial charge in [0.05, 0.1) is 16.4 Å². The lowest BCUT2D eigenvalue weighted by atomic mass is 9.79. The molecule has 0 amide bonds. The van der Waals surface area contributed by atoms with E-state index in [-0.39, 0.29) is 5.41 Å².